The van der Waals surface area contributed by atoms with Crippen molar-refractivity contribution in [1.29, 1.82) is 0 Å². The summed E-state index contributed by atoms with van der Waals surface area (Å²) < 4.78 is 0. The second-order valence-electron chi connectivity index (χ2n) is 4.50. The maximum Gasteiger partial charge on any atom is 0.0523 e. The van der Waals surface area contributed by atoms with Crippen molar-refractivity contribution >= 4 is 0 Å². The molecule has 4 heteroatoms. The fourth-order valence-electron chi connectivity index (χ4n) is 2.26. The highest BCUT2D eigenvalue weighted by Gasteiger charge is 2.12. The van der Waals surface area contributed by atoms with Gasteiger partial charge in [0.1, 0.15) is 0 Å². The van der Waals surface area contributed by atoms with Crippen LogP contribution in [-0.4, -0.2) is 36.1 Å². The van der Waals surface area contributed by atoms with Gasteiger partial charge in [-0.1, -0.05) is 30.3 Å². The average molecular weight is 233 g/mol. The Balaban J connectivity index is 1.84. The maximum absolute atomic E-state index is 10.5. The molecule has 0 aliphatic carbocycles. The molecule has 1 aliphatic heterocycles. The number of rotatable bonds is 3. The molecule has 1 saturated heterocycles. The fraction of sp³-hybridized carbons (Fsp3) is 0.538. The van der Waals surface area contributed by atoms with E-state index in [2.05, 4.69) is 34.5 Å². The summed E-state index contributed by atoms with van der Waals surface area (Å²) in [6.07, 6.45) is 2.02. The van der Waals surface area contributed by atoms with Crippen LogP contribution in [0.4, 0.5) is 0 Å². The summed E-state index contributed by atoms with van der Waals surface area (Å²) in [6, 6.07) is 10.5. The quantitative estimate of drug-likeness (QED) is 0.751. The summed E-state index contributed by atoms with van der Waals surface area (Å²) in [7, 11) is 0. The summed E-state index contributed by atoms with van der Waals surface area (Å²) in [5.74, 6) is 0. The molecule has 92 valence electrons. The first-order chi connectivity index (χ1) is 8.38. The predicted octanol–water partition coefficient (Wildman–Crippen LogP) is 2.27. The Labute approximate surface area is 102 Å². The molecular weight excluding hydrogens is 214 g/mol. The van der Waals surface area contributed by atoms with Crippen LogP contribution in [0.2, 0.25) is 0 Å². The van der Waals surface area contributed by atoms with E-state index in [1.165, 1.54) is 5.56 Å². The summed E-state index contributed by atoms with van der Waals surface area (Å²) in [6.45, 7) is 4.67. The average Bonchev–Trinajstić information content (AvgIpc) is 2.34. The summed E-state index contributed by atoms with van der Waals surface area (Å²) >= 11 is 0. The van der Waals surface area contributed by atoms with Crippen LogP contribution in [0.5, 0.6) is 0 Å². The molecule has 1 heterocycles. The van der Waals surface area contributed by atoms with Gasteiger partial charge in [-0.05, 0) is 18.4 Å². The molecule has 0 radical (unpaired) electrons. The number of hydrogen-bond acceptors (Lipinski definition) is 3. The Morgan fingerprint density at radius 3 is 2.24 bits per heavy atom. The molecule has 4 nitrogen and oxygen atoms in total. The molecule has 1 fully saturated rings. The fourth-order valence-corrected chi connectivity index (χ4v) is 2.26. The predicted molar refractivity (Wildman–Crippen MR) is 68.3 cm³/mol. The van der Waals surface area contributed by atoms with Gasteiger partial charge in [-0.25, -0.2) is 0 Å². The van der Waals surface area contributed by atoms with Gasteiger partial charge in [0, 0.05) is 32.7 Å². The molecule has 1 aliphatic rings. The van der Waals surface area contributed by atoms with E-state index >= 15 is 0 Å². The van der Waals surface area contributed by atoms with Gasteiger partial charge in [-0.15, -0.1) is 4.91 Å². The Kier molecular flexibility index (Phi) is 4.50. The highest BCUT2D eigenvalue weighted by atomic mass is 16.3. The first-order valence-corrected chi connectivity index (χ1v) is 6.23. The zero-order valence-corrected chi connectivity index (χ0v) is 10.1. The molecule has 0 spiro atoms. The minimum absolute atomic E-state index is 0.786. The Hall–Kier alpha value is -1.42. The van der Waals surface area contributed by atoms with Gasteiger partial charge in [0.05, 0.1) is 5.29 Å². The van der Waals surface area contributed by atoms with Gasteiger partial charge in [-0.3, -0.25) is 9.91 Å². The van der Waals surface area contributed by atoms with E-state index in [9.17, 15) is 4.91 Å². The molecule has 1 aromatic carbocycles. The van der Waals surface area contributed by atoms with Gasteiger partial charge in [0.25, 0.3) is 0 Å². The molecule has 0 saturated carbocycles. The van der Waals surface area contributed by atoms with E-state index in [1.807, 2.05) is 6.07 Å². The van der Waals surface area contributed by atoms with Gasteiger partial charge in [-0.2, -0.15) is 0 Å². The van der Waals surface area contributed by atoms with E-state index in [1.54, 1.807) is 5.01 Å². The third-order valence-corrected chi connectivity index (χ3v) is 3.15. The van der Waals surface area contributed by atoms with Crippen LogP contribution in [0.1, 0.15) is 18.4 Å². The monoisotopic (exact) mass is 233 g/mol. The lowest BCUT2D eigenvalue weighted by Gasteiger charge is -2.27. The largest absolute Gasteiger partial charge is 0.299 e. The molecule has 0 aromatic heterocycles. The van der Waals surface area contributed by atoms with Crippen molar-refractivity contribution in [3.8, 4) is 0 Å². The molecule has 1 aromatic rings. The van der Waals surface area contributed by atoms with Crippen LogP contribution < -0.4 is 0 Å². The number of hydrogen-bond donors (Lipinski definition) is 0. The lowest BCUT2D eigenvalue weighted by molar-refractivity contribution is 0.179. The van der Waals surface area contributed by atoms with Crippen LogP contribution in [0.25, 0.3) is 0 Å². The zero-order valence-electron chi connectivity index (χ0n) is 10.1. The van der Waals surface area contributed by atoms with Crippen LogP contribution in [0.3, 0.4) is 0 Å². The van der Waals surface area contributed by atoms with E-state index in [4.69, 9.17) is 0 Å². The van der Waals surface area contributed by atoms with Gasteiger partial charge in [0.15, 0.2) is 0 Å². The van der Waals surface area contributed by atoms with Crippen LogP contribution >= 0.6 is 0 Å². The molecule has 0 atom stereocenters. The second kappa shape index (κ2) is 6.35. The molecule has 2 rings (SSSR count). The molecule has 0 N–H and O–H groups in total. The molecule has 0 unspecified atom stereocenters. The van der Waals surface area contributed by atoms with Gasteiger partial charge >= 0.3 is 0 Å². The van der Waals surface area contributed by atoms with Crippen molar-refractivity contribution in [3.05, 3.63) is 40.8 Å². The lowest BCUT2D eigenvalue weighted by atomic mass is 10.2. The number of nitroso groups, excluding NO2 is 1. The van der Waals surface area contributed by atoms with Crippen molar-refractivity contribution in [3.63, 3.8) is 0 Å². The summed E-state index contributed by atoms with van der Waals surface area (Å²) in [5, 5.41) is 4.66. The van der Waals surface area contributed by atoms with Crippen molar-refractivity contribution in [2.45, 2.75) is 19.4 Å². The SMILES string of the molecule is O=NN1CCCN(Cc2ccccc2)CCC1. The zero-order chi connectivity index (χ0) is 11.9. The number of nitrogens with zero attached hydrogens (tertiary/aromatic N) is 3. The van der Waals surface area contributed by atoms with Gasteiger partial charge < -0.3 is 0 Å². The number of benzene rings is 1. The van der Waals surface area contributed by atoms with Gasteiger partial charge in [0.2, 0.25) is 0 Å². The first-order valence-electron chi connectivity index (χ1n) is 6.23. The van der Waals surface area contributed by atoms with E-state index in [0.29, 0.717) is 0 Å². The van der Waals surface area contributed by atoms with Crippen molar-refractivity contribution in [2.24, 2.45) is 5.29 Å². The van der Waals surface area contributed by atoms with Crippen molar-refractivity contribution in [1.82, 2.24) is 9.91 Å². The minimum atomic E-state index is 0.786. The van der Waals surface area contributed by atoms with E-state index in [0.717, 1.165) is 45.6 Å². The van der Waals surface area contributed by atoms with E-state index in [-0.39, 0.29) is 0 Å². The molecule has 17 heavy (non-hydrogen) atoms. The smallest absolute Gasteiger partial charge is 0.0523 e. The summed E-state index contributed by atoms with van der Waals surface area (Å²) in [5.41, 5.74) is 1.36. The van der Waals surface area contributed by atoms with Crippen LogP contribution in [0, 0.1) is 4.91 Å². The molecular formula is C13H19N3O. The topological polar surface area (TPSA) is 35.9 Å². The van der Waals surface area contributed by atoms with Crippen LogP contribution in [0.15, 0.2) is 35.6 Å². The van der Waals surface area contributed by atoms with Crippen molar-refractivity contribution in [2.75, 3.05) is 26.2 Å². The third kappa shape index (κ3) is 3.82. The Bertz CT molecular complexity index is 332. The highest BCUT2D eigenvalue weighted by molar-refractivity contribution is 5.14. The molecule has 0 amide bonds. The standard InChI is InChI=1S/C13H19N3O/c17-14-16-10-4-8-15(9-5-11-16)12-13-6-2-1-3-7-13/h1-3,6-7H,4-5,8-12H2. The van der Waals surface area contributed by atoms with E-state index < -0.39 is 0 Å². The maximum atomic E-state index is 10.5. The normalized spacial score (nSPS) is 18.5. The third-order valence-electron chi connectivity index (χ3n) is 3.15. The Morgan fingerprint density at radius 2 is 1.65 bits per heavy atom. The Morgan fingerprint density at radius 1 is 1.00 bits per heavy atom. The molecule has 0 bridgehead atoms. The highest BCUT2D eigenvalue weighted by Crippen LogP contribution is 2.09. The minimum Gasteiger partial charge on any atom is -0.299 e. The lowest BCUT2D eigenvalue weighted by Crippen LogP contribution is -2.34. The summed E-state index contributed by atoms with van der Waals surface area (Å²) in [4.78, 5) is 12.9. The first kappa shape index (κ1) is 12.0. The second-order valence-corrected chi connectivity index (χ2v) is 4.50. The van der Waals surface area contributed by atoms with Crippen LogP contribution in [-0.2, 0) is 6.54 Å². The van der Waals surface area contributed by atoms with Crippen molar-refractivity contribution < 1.29 is 0 Å².